The second-order valence-electron chi connectivity index (χ2n) is 14.3. The van der Waals surface area contributed by atoms with E-state index in [0.29, 0.717) is 0 Å². The summed E-state index contributed by atoms with van der Waals surface area (Å²) in [6, 6.07) is 67.2. The van der Waals surface area contributed by atoms with Crippen LogP contribution in [-0.4, -0.2) is 0 Å². The van der Waals surface area contributed by atoms with Crippen LogP contribution in [0, 0.1) is 0 Å². The molecule has 12 rings (SSSR count). The van der Waals surface area contributed by atoms with Crippen molar-refractivity contribution < 1.29 is 4.74 Å². The summed E-state index contributed by atoms with van der Waals surface area (Å²) in [5.74, 6) is 1.83. The van der Waals surface area contributed by atoms with Crippen LogP contribution in [0.25, 0.3) is 77.2 Å². The molecule has 9 aromatic carbocycles. The summed E-state index contributed by atoms with van der Waals surface area (Å²) in [6.07, 6.45) is 0. The Bertz CT molecular complexity index is 2940. The molecular weight excluding hydrogens is 629 g/mol. The Morgan fingerprint density at radius 3 is 1.56 bits per heavy atom. The van der Waals surface area contributed by atoms with E-state index in [-0.39, 0.29) is 5.41 Å². The molecule has 1 heterocycles. The molecule has 1 heteroatoms. The minimum atomic E-state index is -0.371. The highest BCUT2D eigenvalue weighted by Crippen LogP contribution is 2.63. The van der Waals surface area contributed by atoms with Gasteiger partial charge >= 0.3 is 0 Å². The maximum atomic E-state index is 6.79. The van der Waals surface area contributed by atoms with E-state index < -0.39 is 0 Å². The number of hydrogen-bond donors (Lipinski definition) is 0. The molecule has 1 nitrogen and oxygen atoms in total. The summed E-state index contributed by atoms with van der Waals surface area (Å²) in [7, 11) is 0. The molecule has 0 aromatic heterocycles. The molecule has 0 saturated carbocycles. The van der Waals surface area contributed by atoms with Crippen LogP contribution < -0.4 is 4.74 Å². The summed E-state index contributed by atoms with van der Waals surface area (Å²) in [5.41, 5.74) is 17.5. The Kier molecular flexibility index (Phi) is 5.49. The van der Waals surface area contributed by atoms with E-state index in [9.17, 15) is 0 Å². The predicted octanol–water partition coefficient (Wildman–Crippen LogP) is 13.4. The summed E-state index contributed by atoms with van der Waals surface area (Å²) in [6.45, 7) is 0. The van der Waals surface area contributed by atoms with Gasteiger partial charge in [0, 0.05) is 16.5 Å². The Labute approximate surface area is 302 Å². The normalized spacial score (nSPS) is 13.7. The van der Waals surface area contributed by atoms with Crippen LogP contribution in [0.5, 0.6) is 11.5 Å². The average molecular weight is 659 g/mol. The van der Waals surface area contributed by atoms with Gasteiger partial charge in [-0.15, -0.1) is 0 Å². The summed E-state index contributed by atoms with van der Waals surface area (Å²) < 4.78 is 6.79. The first kappa shape index (κ1) is 28.0. The molecule has 0 N–H and O–H groups in total. The number of fused-ring (bicyclic) bond motifs is 13. The van der Waals surface area contributed by atoms with Crippen LogP contribution in [0.2, 0.25) is 0 Å². The molecule has 240 valence electrons. The largest absolute Gasteiger partial charge is 0.455 e. The van der Waals surface area contributed by atoms with Gasteiger partial charge in [0.15, 0.2) is 0 Å². The maximum absolute atomic E-state index is 6.79. The van der Waals surface area contributed by atoms with Crippen LogP contribution in [0.1, 0.15) is 22.3 Å². The van der Waals surface area contributed by atoms with E-state index in [2.05, 4.69) is 182 Å². The minimum absolute atomic E-state index is 0.371. The van der Waals surface area contributed by atoms with E-state index >= 15 is 0 Å². The molecule has 0 atom stereocenters. The highest BCUT2D eigenvalue weighted by molar-refractivity contribution is 6.12. The lowest BCUT2D eigenvalue weighted by atomic mass is 9.70. The van der Waals surface area contributed by atoms with Crippen molar-refractivity contribution in [3.63, 3.8) is 0 Å². The molecule has 52 heavy (non-hydrogen) atoms. The third kappa shape index (κ3) is 3.48. The van der Waals surface area contributed by atoms with E-state index in [4.69, 9.17) is 4.74 Å². The molecule has 2 aliphatic carbocycles. The van der Waals surface area contributed by atoms with Crippen molar-refractivity contribution in [2.75, 3.05) is 0 Å². The minimum Gasteiger partial charge on any atom is -0.455 e. The third-order valence-electron chi connectivity index (χ3n) is 11.9. The van der Waals surface area contributed by atoms with Crippen molar-refractivity contribution in [1.82, 2.24) is 0 Å². The van der Waals surface area contributed by atoms with E-state index in [1.807, 2.05) is 0 Å². The number of hydrogen-bond acceptors (Lipinski definition) is 1. The maximum Gasteiger partial charge on any atom is 0.143 e. The molecule has 3 aliphatic rings. The highest BCUT2D eigenvalue weighted by atomic mass is 16.5. The highest BCUT2D eigenvalue weighted by Gasteiger charge is 2.51. The molecule has 0 bridgehead atoms. The average Bonchev–Trinajstić information content (AvgIpc) is 3.68. The summed E-state index contributed by atoms with van der Waals surface area (Å²) >= 11 is 0. The number of ether oxygens (including phenoxy) is 1. The Hall–Kier alpha value is -6.70. The van der Waals surface area contributed by atoms with Gasteiger partial charge in [0.25, 0.3) is 0 Å². The van der Waals surface area contributed by atoms with Gasteiger partial charge in [-0.25, -0.2) is 0 Å². The molecule has 0 radical (unpaired) electrons. The van der Waals surface area contributed by atoms with Crippen molar-refractivity contribution in [2.45, 2.75) is 5.41 Å². The van der Waals surface area contributed by atoms with Gasteiger partial charge in [-0.3, -0.25) is 0 Å². The fourth-order valence-electron chi connectivity index (χ4n) is 9.82. The molecule has 0 saturated heterocycles. The lowest BCUT2D eigenvalue weighted by Gasteiger charge is -2.30. The Balaban J connectivity index is 1.09. The van der Waals surface area contributed by atoms with Crippen molar-refractivity contribution >= 4 is 21.5 Å². The topological polar surface area (TPSA) is 9.23 Å². The Morgan fingerprint density at radius 2 is 0.846 bits per heavy atom. The third-order valence-corrected chi connectivity index (χ3v) is 11.9. The molecule has 0 fully saturated rings. The SMILES string of the molecule is c1ccc2c(c1)Oc1c(-c3ccc(-c4ccc5c(c4)C4(c6ccccc6-c6ccccc64)c4ccccc4-5)c4ccccc34)ccc3cccc-2c13. The monoisotopic (exact) mass is 658 g/mol. The van der Waals surface area contributed by atoms with Crippen LogP contribution >= 0.6 is 0 Å². The second kappa shape index (κ2) is 10.2. The fraction of sp³-hybridized carbons (Fsp3) is 0.0196. The summed E-state index contributed by atoms with van der Waals surface area (Å²) in [4.78, 5) is 0. The summed E-state index contributed by atoms with van der Waals surface area (Å²) in [5, 5.41) is 4.81. The zero-order valence-electron chi connectivity index (χ0n) is 28.2. The van der Waals surface area contributed by atoms with Gasteiger partial charge in [-0.1, -0.05) is 164 Å². The van der Waals surface area contributed by atoms with Crippen molar-refractivity contribution in [3.8, 4) is 67.1 Å². The lowest BCUT2D eigenvalue weighted by Crippen LogP contribution is -2.25. The standard InChI is InChI=1S/C51H30O/c1-2-14-35-34(13-1)33(28-29-36(35)43-27-24-31-12-11-19-42-41-18-6-10-23-48(41)52-50(43)49(31)42)32-25-26-40-39-17-5-9-22-46(39)51(47(40)30-32)44-20-7-3-15-37(44)38-16-4-8-21-45(38)51/h1-30H. The van der Waals surface area contributed by atoms with Gasteiger partial charge in [0.1, 0.15) is 11.5 Å². The zero-order valence-corrected chi connectivity index (χ0v) is 28.2. The van der Waals surface area contributed by atoms with Gasteiger partial charge < -0.3 is 4.74 Å². The number of para-hydroxylation sites is 1. The lowest BCUT2D eigenvalue weighted by molar-refractivity contribution is 0.489. The second-order valence-corrected chi connectivity index (χ2v) is 14.3. The molecule has 1 spiro atoms. The molecular formula is C51H30O. The van der Waals surface area contributed by atoms with E-state index in [1.54, 1.807) is 0 Å². The first-order valence-corrected chi connectivity index (χ1v) is 18.1. The molecule has 0 amide bonds. The molecule has 9 aromatic rings. The Morgan fingerprint density at radius 1 is 0.327 bits per heavy atom. The number of rotatable bonds is 2. The first-order chi connectivity index (χ1) is 25.8. The van der Waals surface area contributed by atoms with Gasteiger partial charge in [0.2, 0.25) is 0 Å². The van der Waals surface area contributed by atoms with Crippen LogP contribution in [-0.2, 0) is 5.41 Å². The van der Waals surface area contributed by atoms with Gasteiger partial charge in [-0.05, 0) is 101 Å². The van der Waals surface area contributed by atoms with Crippen LogP contribution in [0.15, 0.2) is 182 Å². The predicted molar refractivity (Wildman–Crippen MR) is 214 cm³/mol. The van der Waals surface area contributed by atoms with Crippen molar-refractivity contribution in [3.05, 3.63) is 204 Å². The first-order valence-electron chi connectivity index (χ1n) is 18.1. The van der Waals surface area contributed by atoms with Crippen molar-refractivity contribution in [1.29, 1.82) is 0 Å². The van der Waals surface area contributed by atoms with Crippen LogP contribution in [0.3, 0.4) is 0 Å². The van der Waals surface area contributed by atoms with Crippen LogP contribution in [0.4, 0.5) is 0 Å². The van der Waals surface area contributed by atoms with E-state index in [0.717, 1.165) is 22.6 Å². The molecule has 0 unspecified atom stereocenters. The fourth-order valence-corrected chi connectivity index (χ4v) is 9.82. The number of benzene rings is 9. The quantitative estimate of drug-likeness (QED) is 0.180. The molecule has 1 aliphatic heterocycles. The smallest absolute Gasteiger partial charge is 0.143 e. The van der Waals surface area contributed by atoms with Crippen molar-refractivity contribution in [2.24, 2.45) is 0 Å². The zero-order chi connectivity index (χ0) is 34.0. The van der Waals surface area contributed by atoms with Gasteiger partial charge in [-0.2, -0.15) is 0 Å². The van der Waals surface area contributed by atoms with E-state index in [1.165, 1.54) is 88.3 Å². The van der Waals surface area contributed by atoms with Gasteiger partial charge in [0.05, 0.1) is 5.41 Å².